The molecule has 42 heavy (non-hydrogen) atoms. The maximum absolute atomic E-state index is 13.3. The second-order valence-electron chi connectivity index (χ2n) is 9.50. The molecule has 1 N–H and O–H groups in total. The Kier molecular flexibility index (Phi) is 9.63. The van der Waals surface area contributed by atoms with E-state index in [-0.39, 0.29) is 6.61 Å². The molecule has 8 nitrogen and oxygen atoms in total. The summed E-state index contributed by atoms with van der Waals surface area (Å²) in [5.74, 6) is -1.82. The highest BCUT2D eigenvalue weighted by Crippen LogP contribution is 2.33. The highest BCUT2D eigenvalue weighted by molar-refractivity contribution is 9.09. The van der Waals surface area contributed by atoms with E-state index in [0.717, 1.165) is 5.69 Å². The van der Waals surface area contributed by atoms with Crippen molar-refractivity contribution in [3.05, 3.63) is 138 Å². The molecule has 5 rings (SSSR count). The van der Waals surface area contributed by atoms with Gasteiger partial charge in [-0.3, -0.25) is 0 Å². The largest absolute Gasteiger partial charge is 0.459 e. The first kappa shape index (κ1) is 29.0. The summed E-state index contributed by atoms with van der Waals surface area (Å²) in [6, 6.07) is 34.1. The van der Waals surface area contributed by atoms with Gasteiger partial charge in [0.1, 0.15) is 23.8 Å². The van der Waals surface area contributed by atoms with E-state index in [1.807, 2.05) is 30.3 Å². The highest BCUT2D eigenvalue weighted by Gasteiger charge is 2.50. The molecule has 0 bridgehead atoms. The van der Waals surface area contributed by atoms with Crippen molar-refractivity contribution >= 4 is 39.5 Å². The molecule has 1 fully saturated rings. The molecule has 5 atom stereocenters. The SMILES string of the molecule is O=C(OC[C@H]1O[C@H](Br)[C@@H](Nc2ccccc2)[C@@H](OC(=O)c2ccccc2)[C@@H]1OC(=O)c1ccccc1)c1ccccc1. The first-order valence-electron chi connectivity index (χ1n) is 13.3. The lowest BCUT2D eigenvalue weighted by atomic mass is 9.96. The van der Waals surface area contributed by atoms with Crippen molar-refractivity contribution in [2.45, 2.75) is 29.4 Å². The second-order valence-corrected chi connectivity index (χ2v) is 10.4. The summed E-state index contributed by atoms with van der Waals surface area (Å²) in [5, 5.41) is 2.62. The van der Waals surface area contributed by atoms with Crippen LogP contribution in [0.2, 0.25) is 0 Å². The number of anilines is 1. The number of halogens is 1. The average molecular weight is 630 g/mol. The predicted octanol–water partition coefficient (Wildman–Crippen LogP) is 5.90. The molecule has 0 aliphatic carbocycles. The zero-order valence-electron chi connectivity index (χ0n) is 22.4. The van der Waals surface area contributed by atoms with Gasteiger partial charge in [0.2, 0.25) is 0 Å². The van der Waals surface area contributed by atoms with Gasteiger partial charge in [0.05, 0.1) is 16.7 Å². The van der Waals surface area contributed by atoms with E-state index >= 15 is 0 Å². The Morgan fingerprint density at radius 1 is 0.619 bits per heavy atom. The zero-order chi connectivity index (χ0) is 29.3. The summed E-state index contributed by atoms with van der Waals surface area (Å²) >= 11 is 3.57. The molecule has 0 unspecified atom stereocenters. The van der Waals surface area contributed by atoms with Crippen LogP contribution in [0, 0.1) is 0 Å². The van der Waals surface area contributed by atoms with Gasteiger partial charge in [-0.25, -0.2) is 14.4 Å². The van der Waals surface area contributed by atoms with Crippen LogP contribution in [0.3, 0.4) is 0 Å². The number of alkyl halides is 1. The lowest BCUT2D eigenvalue weighted by Gasteiger charge is -2.44. The predicted molar refractivity (Wildman–Crippen MR) is 159 cm³/mol. The number of ether oxygens (including phenoxy) is 4. The number of nitrogens with one attached hydrogen (secondary N) is 1. The molecule has 9 heteroatoms. The summed E-state index contributed by atoms with van der Waals surface area (Å²) < 4.78 is 23.9. The fraction of sp³-hybridized carbons (Fsp3) is 0.182. The lowest BCUT2D eigenvalue weighted by molar-refractivity contribution is -0.165. The van der Waals surface area contributed by atoms with Crippen molar-refractivity contribution in [1.29, 1.82) is 0 Å². The minimum absolute atomic E-state index is 0.264. The van der Waals surface area contributed by atoms with E-state index in [4.69, 9.17) is 18.9 Å². The molecule has 0 aromatic heterocycles. The fourth-order valence-corrected chi connectivity index (χ4v) is 5.24. The summed E-state index contributed by atoms with van der Waals surface area (Å²) in [4.78, 5) is 39.4. The molecule has 214 valence electrons. The Balaban J connectivity index is 1.47. The number of para-hydroxylation sites is 1. The quantitative estimate of drug-likeness (QED) is 0.139. The smallest absolute Gasteiger partial charge is 0.338 e. The van der Waals surface area contributed by atoms with E-state index in [1.54, 1.807) is 91.0 Å². The van der Waals surface area contributed by atoms with Crippen LogP contribution in [-0.2, 0) is 18.9 Å². The van der Waals surface area contributed by atoms with Gasteiger partial charge in [-0.2, -0.15) is 0 Å². The maximum Gasteiger partial charge on any atom is 0.338 e. The molecular weight excluding hydrogens is 602 g/mol. The molecule has 1 aliphatic rings. The van der Waals surface area contributed by atoms with Crippen LogP contribution in [-0.4, -0.2) is 53.9 Å². The number of benzene rings is 4. The summed E-state index contributed by atoms with van der Waals surface area (Å²) in [7, 11) is 0. The van der Waals surface area contributed by atoms with Gasteiger partial charge in [-0.05, 0) is 48.5 Å². The van der Waals surface area contributed by atoms with Crippen molar-refractivity contribution in [3.8, 4) is 0 Å². The molecule has 0 spiro atoms. The summed E-state index contributed by atoms with van der Waals surface area (Å²) in [6.45, 7) is -0.264. The van der Waals surface area contributed by atoms with Crippen LogP contribution < -0.4 is 5.32 Å². The summed E-state index contributed by atoms with van der Waals surface area (Å²) in [6.07, 6.45) is -3.18. The summed E-state index contributed by atoms with van der Waals surface area (Å²) in [5.41, 5.74) is 1.73. The van der Waals surface area contributed by atoms with Crippen molar-refractivity contribution < 1.29 is 33.3 Å². The van der Waals surface area contributed by atoms with Crippen molar-refractivity contribution in [1.82, 2.24) is 0 Å². The van der Waals surface area contributed by atoms with Crippen LogP contribution in [0.25, 0.3) is 0 Å². The number of esters is 3. The van der Waals surface area contributed by atoms with Gasteiger partial charge >= 0.3 is 17.9 Å². The number of hydrogen-bond donors (Lipinski definition) is 1. The number of carbonyl (C=O) groups is 3. The maximum atomic E-state index is 13.3. The topological polar surface area (TPSA) is 100 Å². The molecule has 4 aromatic carbocycles. The number of carbonyl (C=O) groups excluding carboxylic acids is 3. The Morgan fingerprint density at radius 2 is 1.05 bits per heavy atom. The van der Waals surface area contributed by atoms with E-state index in [2.05, 4.69) is 21.2 Å². The monoisotopic (exact) mass is 629 g/mol. The standard InChI is InChI=1S/C33H28BrNO7/c34-30-27(35-25-19-11-4-12-20-25)29(42-33(38)24-17-9-3-10-18-24)28(41-32(37)23-15-7-2-8-16-23)26(40-30)21-39-31(36)22-13-5-1-6-14-22/h1-20,26-30,35H,21H2/t26-,27+,28-,29-,30+/m1/s1. The third kappa shape index (κ3) is 7.23. The Hall–Kier alpha value is -4.47. The average Bonchev–Trinajstić information content (AvgIpc) is 3.04. The minimum Gasteiger partial charge on any atom is -0.459 e. The van der Waals surface area contributed by atoms with Gasteiger partial charge in [0.15, 0.2) is 12.2 Å². The molecule has 0 amide bonds. The van der Waals surface area contributed by atoms with Crippen molar-refractivity contribution in [2.75, 3.05) is 11.9 Å². The van der Waals surface area contributed by atoms with Gasteiger partial charge in [0, 0.05) is 5.69 Å². The molecule has 1 heterocycles. The fourth-order valence-electron chi connectivity index (χ4n) is 4.53. The van der Waals surface area contributed by atoms with Crippen LogP contribution >= 0.6 is 15.9 Å². The minimum atomic E-state index is -1.15. The molecule has 4 aromatic rings. The van der Waals surface area contributed by atoms with Crippen molar-refractivity contribution in [3.63, 3.8) is 0 Å². The van der Waals surface area contributed by atoms with Crippen LogP contribution in [0.15, 0.2) is 121 Å². The van der Waals surface area contributed by atoms with Crippen LogP contribution in [0.1, 0.15) is 31.1 Å². The zero-order valence-corrected chi connectivity index (χ0v) is 24.0. The van der Waals surface area contributed by atoms with Gasteiger partial charge in [-0.1, -0.05) is 88.7 Å². The molecule has 1 saturated heterocycles. The number of hydrogen-bond acceptors (Lipinski definition) is 8. The third-order valence-corrected chi connectivity index (χ3v) is 7.42. The highest BCUT2D eigenvalue weighted by atomic mass is 79.9. The van der Waals surface area contributed by atoms with E-state index < -0.39 is 47.3 Å². The second kappa shape index (κ2) is 13.9. The third-order valence-electron chi connectivity index (χ3n) is 6.63. The Bertz CT molecular complexity index is 1470. The van der Waals surface area contributed by atoms with Crippen LogP contribution in [0.5, 0.6) is 0 Å². The van der Waals surface area contributed by atoms with Crippen LogP contribution in [0.4, 0.5) is 5.69 Å². The van der Waals surface area contributed by atoms with Gasteiger partial charge < -0.3 is 24.3 Å². The normalized spacial score (nSPS) is 21.5. The van der Waals surface area contributed by atoms with E-state index in [1.165, 1.54) is 0 Å². The number of rotatable bonds is 9. The molecule has 1 aliphatic heterocycles. The van der Waals surface area contributed by atoms with Crippen molar-refractivity contribution in [2.24, 2.45) is 0 Å². The Labute approximate surface area is 251 Å². The van der Waals surface area contributed by atoms with Gasteiger partial charge in [-0.15, -0.1) is 0 Å². The first-order valence-corrected chi connectivity index (χ1v) is 14.3. The lowest BCUT2D eigenvalue weighted by Crippen LogP contribution is -2.62. The van der Waals surface area contributed by atoms with E-state index in [9.17, 15) is 14.4 Å². The Morgan fingerprint density at radius 3 is 1.55 bits per heavy atom. The first-order chi connectivity index (χ1) is 20.5. The molecule has 0 radical (unpaired) electrons. The van der Waals surface area contributed by atoms with Gasteiger partial charge in [0.25, 0.3) is 0 Å². The van der Waals surface area contributed by atoms with E-state index in [0.29, 0.717) is 16.7 Å². The molecule has 0 saturated carbocycles. The molecular formula is C33H28BrNO7.